The zero-order chi connectivity index (χ0) is 18.1. The third kappa shape index (κ3) is 3.14. The molecule has 26 heavy (non-hydrogen) atoms. The van der Waals surface area contributed by atoms with E-state index >= 15 is 0 Å². The zero-order valence-electron chi connectivity index (χ0n) is 14.1. The fraction of sp³-hybridized carbons (Fsp3) is 0.300. The van der Waals surface area contributed by atoms with Crippen LogP contribution in [0.15, 0.2) is 48.5 Å². The summed E-state index contributed by atoms with van der Waals surface area (Å²) in [5, 5.41) is 0. The lowest BCUT2D eigenvalue weighted by atomic mass is 9.89. The van der Waals surface area contributed by atoms with Crippen LogP contribution in [0.3, 0.4) is 0 Å². The molecule has 2 aromatic rings. The average Bonchev–Trinajstić information content (AvgIpc) is 3.04. The number of carbonyl (C=O) groups is 2. The second-order valence-electron chi connectivity index (χ2n) is 6.69. The first-order valence-electron chi connectivity index (χ1n) is 8.52. The van der Waals surface area contributed by atoms with Gasteiger partial charge in [0.25, 0.3) is 5.91 Å². The quantitative estimate of drug-likeness (QED) is 0.850. The molecule has 0 bridgehead atoms. The summed E-state index contributed by atoms with van der Waals surface area (Å²) < 4.78 is 24.4. The summed E-state index contributed by atoms with van der Waals surface area (Å²) >= 11 is 0. The van der Waals surface area contributed by atoms with Crippen LogP contribution < -0.4 is 9.47 Å². The third-order valence-corrected chi connectivity index (χ3v) is 4.84. The lowest BCUT2D eigenvalue weighted by Gasteiger charge is -2.34. The van der Waals surface area contributed by atoms with E-state index in [0.717, 1.165) is 0 Å². The molecule has 6 heteroatoms. The summed E-state index contributed by atoms with van der Waals surface area (Å²) in [6.45, 7) is 0.742. The number of nitrogens with zero attached hydrogens (tertiary/aromatic N) is 1. The molecule has 1 amide bonds. The predicted octanol–water partition coefficient (Wildman–Crippen LogP) is 2.84. The van der Waals surface area contributed by atoms with Gasteiger partial charge in [-0.2, -0.15) is 0 Å². The number of carbonyl (C=O) groups excluding carboxylic acids is 2. The Morgan fingerprint density at radius 1 is 1.19 bits per heavy atom. The van der Waals surface area contributed by atoms with Crippen molar-refractivity contribution in [3.05, 3.63) is 59.9 Å². The second-order valence-corrected chi connectivity index (χ2v) is 6.69. The average molecular weight is 355 g/mol. The summed E-state index contributed by atoms with van der Waals surface area (Å²) in [5.41, 5.74) is -0.0562. The van der Waals surface area contributed by atoms with Crippen LogP contribution in [0.1, 0.15) is 23.2 Å². The van der Waals surface area contributed by atoms with Crippen molar-refractivity contribution in [1.29, 1.82) is 0 Å². The Morgan fingerprint density at radius 3 is 2.77 bits per heavy atom. The molecule has 0 N–H and O–H groups in total. The molecular weight excluding hydrogens is 337 g/mol. The van der Waals surface area contributed by atoms with Gasteiger partial charge in [0.2, 0.25) is 0 Å². The van der Waals surface area contributed by atoms with Gasteiger partial charge in [-0.05, 0) is 36.4 Å². The predicted molar refractivity (Wildman–Crippen MR) is 91.8 cm³/mol. The number of halogens is 1. The van der Waals surface area contributed by atoms with Crippen LogP contribution in [-0.4, -0.2) is 41.9 Å². The molecule has 0 saturated carbocycles. The van der Waals surface area contributed by atoms with Crippen molar-refractivity contribution < 1.29 is 23.5 Å². The molecule has 4 rings (SSSR count). The molecule has 1 spiro atoms. The highest BCUT2D eigenvalue weighted by Gasteiger charge is 2.46. The van der Waals surface area contributed by atoms with Crippen LogP contribution in [0.4, 0.5) is 4.39 Å². The summed E-state index contributed by atoms with van der Waals surface area (Å²) in [4.78, 5) is 26.5. The second kappa shape index (κ2) is 6.44. The molecule has 0 aromatic heterocycles. The lowest BCUT2D eigenvalue weighted by molar-refractivity contribution is -0.133. The van der Waals surface area contributed by atoms with E-state index < -0.39 is 5.60 Å². The summed E-state index contributed by atoms with van der Waals surface area (Å²) in [6.07, 6.45) is 0.877. The Hall–Kier alpha value is -2.89. The van der Waals surface area contributed by atoms with Crippen molar-refractivity contribution >= 4 is 11.7 Å². The Balaban J connectivity index is 1.40. The van der Waals surface area contributed by atoms with Crippen molar-refractivity contribution in [2.75, 3.05) is 19.7 Å². The normalized spacial score (nSPS) is 21.4. The third-order valence-electron chi connectivity index (χ3n) is 4.84. The van der Waals surface area contributed by atoms with Crippen LogP contribution >= 0.6 is 0 Å². The number of Topliss-reactive ketones (excluding diaryl/α,β-unsaturated/α-hetero) is 1. The number of benzene rings is 2. The highest BCUT2D eigenvalue weighted by atomic mass is 19.1. The fourth-order valence-corrected chi connectivity index (χ4v) is 3.50. The topological polar surface area (TPSA) is 55.8 Å². The van der Waals surface area contributed by atoms with E-state index in [4.69, 9.17) is 9.47 Å². The zero-order valence-corrected chi connectivity index (χ0v) is 14.1. The van der Waals surface area contributed by atoms with Gasteiger partial charge in [-0.15, -0.1) is 0 Å². The first-order valence-corrected chi connectivity index (χ1v) is 8.52. The minimum atomic E-state index is -0.656. The van der Waals surface area contributed by atoms with E-state index in [1.54, 1.807) is 17.0 Å². The highest BCUT2D eigenvalue weighted by molar-refractivity contribution is 6.00. The summed E-state index contributed by atoms with van der Waals surface area (Å²) in [5.74, 6) is 0.529. The van der Waals surface area contributed by atoms with Crippen LogP contribution in [0.25, 0.3) is 0 Å². The van der Waals surface area contributed by atoms with E-state index in [0.29, 0.717) is 36.6 Å². The molecule has 0 radical (unpaired) electrons. The number of hydrogen-bond acceptors (Lipinski definition) is 4. The number of hydrogen-bond donors (Lipinski definition) is 0. The number of rotatable bonds is 3. The number of likely N-dealkylation sites (tertiary alicyclic amines) is 1. The first kappa shape index (κ1) is 16.6. The van der Waals surface area contributed by atoms with Crippen LogP contribution in [0.5, 0.6) is 11.5 Å². The van der Waals surface area contributed by atoms with Gasteiger partial charge in [0.15, 0.2) is 12.4 Å². The van der Waals surface area contributed by atoms with Crippen molar-refractivity contribution in [3.63, 3.8) is 0 Å². The van der Waals surface area contributed by atoms with Gasteiger partial charge >= 0.3 is 0 Å². The van der Waals surface area contributed by atoms with Crippen LogP contribution in [0.2, 0.25) is 0 Å². The van der Waals surface area contributed by atoms with Crippen molar-refractivity contribution in [1.82, 2.24) is 4.90 Å². The molecule has 1 saturated heterocycles. The molecule has 2 heterocycles. The highest BCUT2D eigenvalue weighted by Crippen LogP contribution is 2.38. The van der Waals surface area contributed by atoms with Gasteiger partial charge in [-0.3, -0.25) is 9.59 Å². The van der Waals surface area contributed by atoms with Crippen molar-refractivity contribution in [2.24, 2.45) is 0 Å². The van der Waals surface area contributed by atoms with Gasteiger partial charge in [-0.1, -0.05) is 12.1 Å². The number of ether oxygens (including phenoxy) is 2. The molecule has 1 unspecified atom stereocenters. The lowest BCUT2D eigenvalue weighted by Crippen LogP contribution is -2.45. The van der Waals surface area contributed by atoms with E-state index in [2.05, 4.69) is 0 Å². The molecule has 2 aliphatic heterocycles. The number of fused-ring (bicyclic) bond motifs is 1. The molecule has 1 fully saturated rings. The van der Waals surface area contributed by atoms with E-state index in [1.165, 1.54) is 24.3 Å². The molecule has 0 aliphatic carbocycles. The Bertz CT molecular complexity index is 851. The molecule has 5 nitrogen and oxygen atoms in total. The Morgan fingerprint density at radius 2 is 1.96 bits per heavy atom. The monoisotopic (exact) mass is 355 g/mol. The summed E-state index contributed by atoms with van der Waals surface area (Å²) in [7, 11) is 0. The van der Waals surface area contributed by atoms with E-state index in [1.807, 2.05) is 12.1 Å². The van der Waals surface area contributed by atoms with Gasteiger partial charge in [-0.25, -0.2) is 4.39 Å². The maximum absolute atomic E-state index is 12.9. The minimum Gasteiger partial charge on any atom is -0.484 e. The maximum Gasteiger partial charge on any atom is 0.260 e. The van der Waals surface area contributed by atoms with Gasteiger partial charge in [0.1, 0.15) is 22.9 Å². The molecule has 2 aliphatic rings. The van der Waals surface area contributed by atoms with E-state index in [-0.39, 0.29) is 30.5 Å². The number of ketones is 1. The minimum absolute atomic E-state index is 0.0451. The molecule has 2 aromatic carbocycles. The summed E-state index contributed by atoms with van der Waals surface area (Å²) in [6, 6.07) is 12.7. The number of para-hydroxylation sites is 1. The largest absolute Gasteiger partial charge is 0.484 e. The van der Waals surface area contributed by atoms with Crippen LogP contribution in [-0.2, 0) is 4.79 Å². The van der Waals surface area contributed by atoms with Gasteiger partial charge in [0.05, 0.1) is 18.5 Å². The fourth-order valence-electron chi connectivity index (χ4n) is 3.50. The Labute approximate surface area is 150 Å². The van der Waals surface area contributed by atoms with Gasteiger partial charge < -0.3 is 14.4 Å². The SMILES string of the molecule is O=C1CC2(CCN(C(=O)COc3ccc(F)cc3)C2)Oc2ccccc21. The smallest absolute Gasteiger partial charge is 0.260 e. The van der Waals surface area contributed by atoms with E-state index in [9.17, 15) is 14.0 Å². The first-order chi connectivity index (χ1) is 12.5. The maximum atomic E-state index is 12.9. The van der Waals surface area contributed by atoms with Gasteiger partial charge in [0, 0.05) is 13.0 Å². The molecule has 134 valence electrons. The molecular formula is C20H18FNO4. The number of amides is 1. The molecule has 1 atom stereocenters. The van der Waals surface area contributed by atoms with Crippen molar-refractivity contribution in [2.45, 2.75) is 18.4 Å². The standard InChI is InChI=1S/C20H18FNO4/c21-14-5-7-15(8-6-14)25-12-19(24)22-10-9-20(13-22)11-17(23)16-3-1-2-4-18(16)26-20/h1-8H,9-13H2. The van der Waals surface area contributed by atoms with Crippen LogP contribution in [0, 0.1) is 5.82 Å². The Kier molecular flexibility index (Phi) is 4.11. The van der Waals surface area contributed by atoms with Crippen molar-refractivity contribution in [3.8, 4) is 11.5 Å².